The zero-order valence-corrected chi connectivity index (χ0v) is 15.5. The minimum Gasteiger partial charge on any atom is -0.496 e. The smallest absolute Gasteiger partial charge is 0.257 e. The number of piperazine rings is 2. The van der Waals surface area contributed by atoms with Crippen LogP contribution < -0.4 is 4.74 Å². The Hall–Kier alpha value is -2.08. The van der Waals surface area contributed by atoms with Gasteiger partial charge in [0.05, 0.1) is 12.7 Å². The van der Waals surface area contributed by atoms with Crippen LogP contribution >= 0.6 is 0 Å². The molecule has 136 valence electrons. The maximum Gasteiger partial charge on any atom is 0.257 e. The maximum absolute atomic E-state index is 13.0. The molecule has 0 spiro atoms. The Morgan fingerprint density at radius 2 is 1.80 bits per heavy atom. The van der Waals surface area contributed by atoms with Gasteiger partial charge < -0.3 is 14.5 Å². The van der Waals surface area contributed by atoms with Crippen LogP contribution in [0.3, 0.4) is 0 Å². The molecule has 1 aromatic rings. The molecule has 0 bridgehead atoms. The molecule has 1 atom stereocenters. The highest BCUT2D eigenvalue weighted by Gasteiger charge is 2.44. The first-order valence-electron chi connectivity index (χ1n) is 8.78. The van der Waals surface area contributed by atoms with Gasteiger partial charge in [-0.1, -0.05) is 12.1 Å². The lowest BCUT2D eigenvalue weighted by atomic mass is 9.92. The van der Waals surface area contributed by atoms with Crippen LogP contribution in [-0.4, -0.2) is 77.9 Å². The third kappa shape index (κ3) is 3.35. The molecule has 2 amide bonds. The Kier molecular flexibility index (Phi) is 4.73. The van der Waals surface area contributed by atoms with E-state index < -0.39 is 0 Å². The summed E-state index contributed by atoms with van der Waals surface area (Å²) in [7, 11) is 1.58. The summed E-state index contributed by atoms with van der Waals surface area (Å²) in [6, 6.07) is 7.50. The fourth-order valence-corrected chi connectivity index (χ4v) is 4.10. The monoisotopic (exact) mass is 345 g/mol. The number of para-hydroxylation sites is 1. The summed E-state index contributed by atoms with van der Waals surface area (Å²) < 4.78 is 5.33. The fraction of sp³-hybridized carbons (Fsp3) is 0.579. The minimum absolute atomic E-state index is 0.00476. The van der Waals surface area contributed by atoms with Crippen LogP contribution in [0.5, 0.6) is 5.75 Å². The van der Waals surface area contributed by atoms with Crippen molar-refractivity contribution < 1.29 is 14.3 Å². The van der Waals surface area contributed by atoms with Crippen molar-refractivity contribution in [2.24, 2.45) is 0 Å². The Balaban J connectivity index is 1.79. The van der Waals surface area contributed by atoms with E-state index in [1.165, 1.54) is 0 Å². The lowest BCUT2D eigenvalue weighted by molar-refractivity contribution is -0.138. The molecule has 1 unspecified atom stereocenters. The van der Waals surface area contributed by atoms with Gasteiger partial charge in [-0.05, 0) is 26.0 Å². The molecular formula is C19H27N3O3. The van der Waals surface area contributed by atoms with Crippen molar-refractivity contribution in [2.45, 2.75) is 32.4 Å². The fourth-order valence-electron chi connectivity index (χ4n) is 4.10. The van der Waals surface area contributed by atoms with E-state index in [-0.39, 0.29) is 23.4 Å². The van der Waals surface area contributed by atoms with Crippen LogP contribution in [0.25, 0.3) is 0 Å². The van der Waals surface area contributed by atoms with Gasteiger partial charge in [-0.2, -0.15) is 0 Å². The molecule has 25 heavy (non-hydrogen) atoms. The van der Waals surface area contributed by atoms with Gasteiger partial charge in [0, 0.05) is 51.2 Å². The molecular weight excluding hydrogens is 318 g/mol. The number of hydrogen-bond acceptors (Lipinski definition) is 4. The summed E-state index contributed by atoms with van der Waals surface area (Å²) in [5, 5.41) is 0. The van der Waals surface area contributed by atoms with Crippen LogP contribution in [0.4, 0.5) is 0 Å². The van der Waals surface area contributed by atoms with E-state index in [0.29, 0.717) is 30.9 Å². The second-order valence-corrected chi connectivity index (χ2v) is 7.51. The van der Waals surface area contributed by atoms with Crippen molar-refractivity contribution in [3.63, 3.8) is 0 Å². The van der Waals surface area contributed by atoms with Crippen molar-refractivity contribution in [2.75, 3.05) is 39.8 Å². The van der Waals surface area contributed by atoms with E-state index in [1.54, 1.807) is 20.1 Å². The van der Waals surface area contributed by atoms with E-state index >= 15 is 0 Å². The molecule has 2 aliphatic rings. The zero-order chi connectivity index (χ0) is 18.2. The Morgan fingerprint density at radius 3 is 2.48 bits per heavy atom. The van der Waals surface area contributed by atoms with Gasteiger partial charge in [0.15, 0.2) is 0 Å². The first-order chi connectivity index (χ1) is 11.8. The number of fused-ring (bicyclic) bond motifs is 1. The normalized spacial score (nSPS) is 23.1. The van der Waals surface area contributed by atoms with Gasteiger partial charge in [0.1, 0.15) is 5.75 Å². The molecule has 3 rings (SSSR count). The third-order valence-electron chi connectivity index (χ3n) is 5.34. The van der Waals surface area contributed by atoms with Crippen LogP contribution in [-0.2, 0) is 4.79 Å². The first kappa shape index (κ1) is 17.7. The summed E-state index contributed by atoms with van der Waals surface area (Å²) in [5.74, 6) is 0.694. The first-order valence-corrected chi connectivity index (χ1v) is 8.78. The van der Waals surface area contributed by atoms with E-state index in [0.717, 1.165) is 13.1 Å². The minimum atomic E-state index is -0.0752. The van der Waals surface area contributed by atoms with E-state index in [9.17, 15) is 9.59 Å². The number of benzene rings is 1. The highest BCUT2D eigenvalue weighted by molar-refractivity contribution is 5.97. The molecule has 0 radical (unpaired) electrons. The molecule has 0 aliphatic carbocycles. The predicted octanol–water partition coefficient (Wildman–Crippen LogP) is 1.46. The molecule has 0 aromatic heterocycles. The molecule has 2 saturated heterocycles. The largest absolute Gasteiger partial charge is 0.496 e. The quantitative estimate of drug-likeness (QED) is 0.814. The Labute approximate surface area is 149 Å². The maximum atomic E-state index is 13.0. The van der Waals surface area contributed by atoms with Crippen molar-refractivity contribution in [1.29, 1.82) is 0 Å². The number of nitrogens with zero attached hydrogens (tertiary/aromatic N) is 3. The average Bonchev–Trinajstić information content (AvgIpc) is 2.59. The lowest BCUT2D eigenvalue weighted by Crippen LogP contribution is -2.70. The second kappa shape index (κ2) is 6.67. The van der Waals surface area contributed by atoms with E-state index in [4.69, 9.17) is 4.74 Å². The highest BCUT2D eigenvalue weighted by Crippen LogP contribution is 2.29. The number of carbonyl (C=O) groups excluding carboxylic acids is 2. The molecule has 1 aromatic carbocycles. The van der Waals surface area contributed by atoms with Crippen molar-refractivity contribution in [3.8, 4) is 5.75 Å². The molecule has 6 nitrogen and oxygen atoms in total. The summed E-state index contributed by atoms with van der Waals surface area (Å²) in [5.41, 5.74) is 0.519. The Bertz CT molecular complexity index is 674. The second-order valence-electron chi connectivity index (χ2n) is 7.51. The van der Waals surface area contributed by atoms with Gasteiger partial charge in [0.2, 0.25) is 5.91 Å². The number of ether oxygens (including phenoxy) is 1. The summed E-state index contributed by atoms with van der Waals surface area (Å²) in [6.45, 7) is 9.52. The van der Waals surface area contributed by atoms with Crippen molar-refractivity contribution in [3.05, 3.63) is 29.8 Å². The van der Waals surface area contributed by atoms with E-state index in [2.05, 4.69) is 18.7 Å². The Morgan fingerprint density at radius 1 is 1.12 bits per heavy atom. The van der Waals surface area contributed by atoms with Crippen molar-refractivity contribution in [1.82, 2.24) is 14.7 Å². The van der Waals surface area contributed by atoms with Crippen LogP contribution in [0.15, 0.2) is 24.3 Å². The average molecular weight is 345 g/mol. The summed E-state index contributed by atoms with van der Waals surface area (Å²) in [4.78, 5) is 31.1. The van der Waals surface area contributed by atoms with Gasteiger partial charge in [-0.3, -0.25) is 14.5 Å². The number of rotatable bonds is 2. The standard InChI is InChI=1S/C19H27N3O3/c1-14(23)21-12-15-11-20(9-10-22(15)19(2,3)13-21)18(24)16-7-5-6-8-17(16)25-4/h5-8,15H,9-13H2,1-4H3. The summed E-state index contributed by atoms with van der Waals surface area (Å²) >= 11 is 0. The summed E-state index contributed by atoms with van der Waals surface area (Å²) in [6.07, 6.45) is 0. The molecule has 0 saturated carbocycles. The van der Waals surface area contributed by atoms with Crippen LogP contribution in [0, 0.1) is 0 Å². The van der Waals surface area contributed by atoms with Crippen LogP contribution in [0.2, 0.25) is 0 Å². The molecule has 2 heterocycles. The lowest BCUT2D eigenvalue weighted by Gasteiger charge is -2.55. The molecule has 6 heteroatoms. The topological polar surface area (TPSA) is 53.1 Å². The van der Waals surface area contributed by atoms with Crippen molar-refractivity contribution >= 4 is 11.8 Å². The van der Waals surface area contributed by atoms with Gasteiger partial charge in [-0.15, -0.1) is 0 Å². The van der Waals surface area contributed by atoms with Gasteiger partial charge in [-0.25, -0.2) is 0 Å². The zero-order valence-electron chi connectivity index (χ0n) is 15.5. The van der Waals surface area contributed by atoms with Gasteiger partial charge >= 0.3 is 0 Å². The molecule has 2 aliphatic heterocycles. The van der Waals surface area contributed by atoms with Crippen LogP contribution in [0.1, 0.15) is 31.1 Å². The number of carbonyl (C=O) groups is 2. The molecule has 2 fully saturated rings. The molecule has 0 N–H and O–H groups in total. The highest BCUT2D eigenvalue weighted by atomic mass is 16.5. The number of hydrogen-bond donors (Lipinski definition) is 0. The SMILES string of the molecule is COc1ccccc1C(=O)N1CCN2C(CN(C(C)=O)CC2(C)C)C1. The number of amides is 2. The third-order valence-corrected chi connectivity index (χ3v) is 5.34. The predicted molar refractivity (Wildman–Crippen MR) is 95.7 cm³/mol. The van der Waals surface area contributed by atoms with E-state index in [1.807, 2.05) is 28.0 Å². The van der Waals surface area contributed by atoms with Gasteiger partial charge in [0.25, 0.3) is 5.91 Å². The number of methoxy groups -OCH3 is 1.